The summed E-state index contributed by atoms with van der Waals surface area (Å²) in [5.74, 6) is 0.486. The highest BCUT2D eigenvalue weighted by Crippen LogP contribution is 2.37. The second-order valence-electron chi connectivity index (χ2n) is 6.19. The van der Waals surface area contributed by atoms with E-state index in [4.69, 9.17) is 4.74 Å². The summed E-state index contributed by atoms with van der Waals surface area (Å²) < 4.78 is 28.7. The van der Waals surface area contributed by atoms with Gasteiger partial charge in [0.1, 0.15) is 5.60 Å². The fourth-order valence-corrected chi connectivity index (χ4v) is 3.87. The second-order valence-corrected chi connectivity index (χ2v) is 8.42. The molecule has 1 atom stereocenters. The zero-order valence-electron chi connectivity index (χ0n) is 11.2. The predicted molar refractivity (Wildman–Crippen MR) is 68.1 cm³/mol. The Morgan fingerprint density at radius 3 is 2.39 bits per heavy atom. The number of ether oxygens (including phenoxy) is 1. The zero-order chi connectivity index (χ0) is 13.6. The first-order valence-corrected chi connectivity index (χ1v) is 8.20. The molecule has 18 heavy (non-hydrogen) atoms. The van der Waals surface area contributed by atoms with Gasteiger partial charge in [0.25, 0.3) is 0 Å². The summed E-state index contributed by atoms with van der Waals surface area (Å²) >= 11 is 0. The molecule has 1 saturated carbocycles. The molecule has 1 aliphatic heterocycles. The van der Waals surface area contributed by atoms with Crippen LogP contribution in [-0.2, 0) is 14.6 Å². The van der Waals surface area contributed by atoms with E-state index in [1.165, 1.54) is 0 Å². The van der Waals surface area contributed by atoms with Crippen molar-refractivity contribution in [3.05, 3.63) is 0 Å². The van der Waals surface area contributed by atoms with E-state index >= 15 is 0 Å². The maximum atomic E-state index is 12.1. The molecular formula is C12H21NO4S. The minimum Gasteiger partial charge on any atom is -0.444 e. The monoisotopic (exact) mass is 275 g/mol. The van der Waals surface area contributed by atoms with Gasteiger partial charge < -0.3 is 9.64 Å². The van der Waals surface area contributed by atoms with E-state index in [1.807, 2.05) is 20.8 Å². The molecule has 0 bridgehead atoms. The Labute approximate surface area is 108 Å². The van der Waals surface area contributed by atoms with Gasteiger partial charge in [-0.25, -0.2) is 13.2 Å². The number of carbonyl (C=O) groups excluding carboxylic acids is 1. The van der Waals surface area contributed by atoms with Crippen molar-refractivity contribution in [1.29, 1.82) is 0 Å². The largest absolute Gasteiger partial charge is 0.444 e. The molecule has 1 amide bonds. The molecule has 0 spiro atoms. The molecule has 2 aliphatic rings. The van der Waals surface area contributed by atoms with Gasteiger partial charge >= 0.3 is 6.09 Å². The summed E-state index contributed by atoms with van der Waals surface area (Å²) in [7, 11) is -3.00. The lowest BCUT2D eigenvalue weighted by Gasteiger charge is -2.36. The number of hydrogen-bond acceptors (Lipinski definition) is 4. The molecule has 2 fully saturated rings. The zero-order valence-corrected chi connectivity index (χ0v) is 12.0. The smallest absolute Gasteiger partial charge is 0.410 e. The number of rotatable bonds is 1. The molecule has 0 N–H and O–H groups in total. The van der Waals surface area contributed by atoms with Gasteiger partial charge in [0, 0.05) is 6.54 Å². The van der Waals surface area contributed by atoms with Crippen molar-refractivity contribution in [2.24, 2.45) is 5.92 Å². The van der Waals surface area contributed by atoms with Crippen LogP contribution in [0.3, 0.4) is 0 Å². The lowest BCUT2D eigenvalue weighted by atomic mass is 10.2. The topological polar surface area (TPSA) is 63.7 Å². The van der Waals surface area contributed by atoms with E-state index in [9.17, 15) is 13.2 Å². The molecule has 6 heteroatoms. The number of carbonyl (C=O) groups is 1. The number of sulfone groups is 1. The summed E-state index contributed by atoms with van der Waals surface area (Å²) in [4.78, 5) is 13.7. The Balaban J connectivity index is 2.09. The second kappa shape index (κ2) is 4.40. The third kappa shape index (κ3) is 3.37. The molecule has 1 saturated heterocycles. The first kappa shape index (κ1) is 13.6. The van der Waals surface area contributed by atoms with Gasteiger partial charge in [-0.15, -0.1) is 0 Å². The van der Waals surface area contributed by atoms with Crippen molar-refractivity contribution in [2.45, 2.75) is 45.3 Å². The first-order chi connectivity index (χ1) is 8.18. The molecular weight excluding hydrogens is 254 g/mol. The van der Waals surface area contributed by atoms with E-state index in [0.29, 0.717) is 5.92 Å². The Kier molecular flexibility index (Phi) is 3.34. The van der Waals surface area contributed by atoms with Crippen LogP contribution in [0.25, 0.3) is 0 Å². The molecule has 0 aromatic carbocycles. The lowest BCUT2D eigenvalue weighted by Crippen LogP contribution is -2.53. The van der Waals surface area contributed by atoms with Gasteiger partial charge in [-0.3, -0.25) is 0 Å². The van der Waals surface area contributed by atoms with Gasteiger partial charge in [-0.1, -0.05) is 0 Å². The van der Waals surface area contributed by atoms with Crippen LogP contribution in [0, 0.1) is 5.92 Å². The number of hydrogen-bond donors (Lipinski definition) is 0. The first-order valence-electron chi connectivity index (χ1n) is 6.38. The molecule has 0 aromatic rings. The van der Waals surface area contributed by atoms with Crippen LogP contribution in [0.4, 0.5) is 4.79 Å². The highest BCUT2D eigenvalue weighted by molar-refractivity contribution is 7.91. The van der Waals surface area contributed by atoms with Gasteiger partial charge in [-0.2, -0.15) is 0 Å². The Bertz CT molecular complexity index is 433. The van der Waals surface area contributed by atoms with Crippen molar-refractivity contribution < 1.29 is 17.9 Å². The molecule has 1 aliphatic carbocycles. The Morgan fingerprint density at radius 2 is 1.89 bits per heavy atom. The average Bonchev–Trinajstić information content (AvgIpc) is 2.95. The molecule has 5 nitrogen and oxygen atoms in total. The number of nitrogens with zero attached hydrogens (tertiary/aromatic N) is 1. The van der Waals surface area contributed by atoms with Crippen LogP contribution in [0.2, 0.25) is 0 Å². The van der Waals surface area contributed by atoms with Crippen LogP contribution in [0.5, 0.6) is 0 Å². The minimum atomic E-state index is -3.00. The van der Waals surface area contributed by atoms with Gasteiger partial charge in [-0.05, 0) is 39.5 Å². The summed E-state index contributed by atoms with van der Waals surface area (Å²) in [6, 6.07) is -0.182. The predicted octanol–water partition coefficient (Wildman–Crippen LogP) is 1.43. The van der Waals surface area contributed by atoms with E-state index in [-0.39, 0.29) is 30.2 Å². The van der Waals surface area contributed by atoms with Crippen LogP contribution in [0.15, 0.2) is 0 Å². The summed E-state index contributed by atoms with van der Waals surface area (Å²) in [6.45, 7) is 5.71. The molecule has 1 heterocycles. The summed E-state index contributed by atoms with van der Waals surface area (Å²) in [5, 5.41) is 0. The van der Waals surface area contributed by atoms with Crippen molar-refractivity contribution >= 4 is 15.9 Å². The fourth-order valence-electron chi connectivity index (χ4n) is 2.26. The van der Waals surface area contributed by atoms with E-state index in [0.717, 1.165) is 12.8 Å². The summed E-state index contributed by atoms with van der Waals surface area (Å²) in [6.07, 6.45) is 1.65. The maximum Gasteiger partial charge on any atom is 0.410 e. The highest BCUT2D eigenvalue weighted by Gasteiger charge is 2.44. The van der Waals surface area contributed by atoms with Crippen molar-refractivity contribution in [1.82, 2.24) is 4.90 Å². The van der Waals surface area contributed by atoms with Gasteiger partial charge in [0.15, 0.2) is 9.84 Å². The quantitative estimate of drug-likeness (QED) is 0.726. The average molecular weight is 275 g/mol. The van der Waals surface area contributed by atoms with E-state index < -0.39 is 15.4 Å². The van der Waals surface area contributed by atoms with Crippen molar-refractivity contribution in [3.63, 3.8) is 0 Å². The molecule has 104 valence electrons. The fraction of sp³-hybridized carbons (Fsp3) is 0.917. The Morgan fingerprint density at radius 1 is 1.28 bits per heavy atom. The SMILES string of the molecule is CC(C)(C)OC(=O)N1CCS(=O)(=O)CC1C1CC1. The van der Waals surface area contributed by atoms with E-state index in [2.05, 4.69) is 0 Å². The van der Waals surface area contributed by atoms with Gasteiger partial charge in [0.05, 0.1) is 17.5 Å². The van der Waals surface area contributed by atoms with Crippen LogP contribution >= 0.6 is 0 Å². The molecule has 0 radical (unpaired) electrons. The molecule has 2 rings (SSSR count). The van der Waals surface area contributed by atoms with Crippen molar-refractivity contribution in [3.8, 4) is 0 Å². The van der Waals surface area contributed by atoms with Crippen LogP contribution in [0.1, 0.15) is 33.6 Å². The standard InChI is InChI=1S/C12H21NO4S/c1-12(2,3)17-11(14)13-6-7-18(15,16)8-10(13)9-4-5-9/h9-10H,4-8H2,1-3H3. The van der Waals surface area contributed by atoms with Crippen LogP contribution < -0.4 is 0 Å². The minimum absolute atomic E-state index is 0.0511. The molecule has 1 unspecified atom stereocenters. The molecule has 0 aromatic heterocycles. The summed E-state index contributed by atoms with van der Waals surface area (Å²) in [5.41, 5.74) is -0.540. The number of amides is 1. The van der Waals surface area contributed by atoms with E-state index in [1.54, 1.807) is 4.90 Å². The Hall–Kier alpha value is -0.780. The third-order valence-electron chi connectivity index (χ3n) is 3.26. The maximum absolute atomic E-state index is 12.1. The van der Waals surface area contributed by atoms with Gasteiger partial charge in [0.2, 0.25) is 0 Å². The van der Waals surface area contributed by atoms with Crippen molar-refractivity contribution in [2.75, 3.05) is 18.1 Å². The highest BCUT2D eigenvalue weighted by atomic mass is 32.2. The lowest BCUT2D eigenvalue weighted by molar-refractivity contribution is 0.0164. The van der Waals surface area contributed by atoms with Crippen LogP contribution in [-0.4, -0.2) is 49.1 Å². The third-order valence-corrected chi connectivity index (χ3v) is 4.92. The normalized spacial score (nSPS) is 27.9.